The van der Waals surface area contributed by atoms with E-state index in [2.05, 4.69) is 60.4 Å². The zero-order chi connectivity index (χ0) is 12.1. The van der Waals surface area contributed by atoms with Gasteiger partial charge in [-0.15, -0.1) is 0 Å². The van der Waals surface area contributed by atoms with Crippen molar-refractivity contribution in [3.05, 3.63) is 71.3 Å². The van der Waals surface area contributed by atoms with Gasteiger partial charge in [-0.25, -0.2) is 0 Å². The Morgan fingerprint density at radius 1 is 1.00 bits per heavy atom. The number of aryl methyl sites for hydroxylation is 1. The van der Waals surface area contributed by atoms with E-state index in [1.54, 1.807) is 0 Å². The molecule has 0 bridgehead atoms. The fourth-order valence-electron chi connectivity index (χ4n) is 1.92. The number of rotatable bonds is 3. The van der Waals surface area contributed by atoms with Crippen molar-refractivity contribution in [1.82, 2.24) is 0 Å². The predicted octanol–water partition coefficient (Wildman–Crippen LogP) is 3.66. The molecule has 0 aliphatic rings. The first-order chi connectivity index (χ1) is 8.29. The standard InChI is InChI=1S/C16H17N/c1-13-7-6-10-15(11-13)16(17-2)12-14-8-4-3-5-9-14/h3-11H,12H2,1-2H3. The average Bonchev–Trinajstić information content (AvgIpc) is 2.37. The lowest BCUT2D eigenvalue weighted by atomic mass is 10.0. The number of nitrogens with zero attached hydrogens (tertiary/aromatic N) is 1. The van der Waals surface area contributed by atoms with Crippen molar-refractivity contribution >= 4 is 5.71 Å². The van der Waals surface area contributed by atoms with Gasteiger partial charge in [0.15, 0.2) is 0 Å². The van der Waals surface area contributed by atoms with Gasteiger partial charge in [-0.2, -0.15) is 0 Å². The molecule has 0 N–H and O–H groups in total. The van der Waals surface area contributed by atoms with Crippen LogP contribution in [0, 0.1) is 6.92 Å². The molecule has 2 aromatic rings. The minimum absolute atomic E-state index is 0.890. The van der Waals surface area contributed by atoms with Crippen LogP contribution in [-0.4, -0.2) is 12.8 Å². The van der Waals surface area contributed by atoms with Gasteiger partial charge in [-0.1, -0.05) is 60.2 Å². The Morgan fingerprint density at radius 3 is 2.41 bits per heavy atom. The van der Waals surface area contributed by atoms with Gasteiger partial charge in [0.1, 0.15) is 0 Å². The second-order valence-corrected chi connectivity index (χ2v) is 4.20. The highest BCUT2D eigenvalue weighted by atomic mass is 14.7. The van der Waals surface area contributed by atoms with E-state index in [9.17, 15) is 0 Å². The van der Waals surface area contributed by atoms with Gasteiger partial charge in [0.2, 0.25) is 0 Å². The van der Waals surface area contributed by atoms with Gasteiger partial charge in [0.25, 0.3) is 0 Å². The van der Waals surface area contributed by atoms with Gasteiger partial charge < -0.3 is 0 Å². The fraction of sp³-hybridized carbons (Fsp3) is 0.188. The Hall–Kier alpha value is -1.89. The summed E-state index contributed by atoms with van der Waals surface area (Å²) in [4.78, 5) is 4.41. The molecule has 1 heteroatoms. The monoisotopic (exact) mass is 223 g/mol. The molecule has 1 nitrogen and oxygen atoms in total. The van der Waals surface area contributed by atoms with E-state index in [1.807, 2.05) is 13.1 Å². The summed E-state index contributed by atoms with van der Waals surface area (Å²) in [5, 5.41) is 0. The molecule has 0 unspecified atom stereocenters. The first-order valence-corrected chi connectivity index (χ1v) is 5.86. The van der Waals surface area contributed by atoms with Gasteiger partial charge in [-0.3, -0.25) is 4.99 Å². The summed E-state index contributed by atoms with van der Waals surface area (Å²) in [5.74, 6) is 0. The quantitative estimate of drug-likeness (QED) is 0.704. The van der Waals surface area contributed by atoms with Crippen LogP contribution < -0.4 is 0 Å². The molecule has 0 aromatic heterocycles. The topological polar surface area (TPSA) is 12.4 Å². The maximum Gasteiger partial charge on any atom is 0.0460 e. The smallest absolute Gasteiger partial charge is 0.0460 e. The second-order valence-electron chi connectivity index (χ2n) is 4.20. The van der Waals surface area contributed by atoms with Gasteiger partial charge >= 0.3 is 0 Å². The van der Waals surface area contributed by atoms with Crippen LogP contribution in [0.1, 0.15) is 16.7 Å². The maximum absolute atomic E-state index is 4.41. The summed E-state index contributed by atoms with van der Waals surface area (Å²) >= 11 is 0. The number of benzene rings is 2. The maximum atomic E-state index is 4.41. The van der Waals surface area contributed by atoms with Crippen molar-refractivity contribution in [1.29, 1.82) is 0 Å². The van der Waals surface area contributed by atoms with E-state index in [0.717, 1.165) is 12.1 Å². The second kappa shape index (κ2) is 5.44. The Kier molecular flexibility index (Phi) is 3.71. The summed E-state index contributed by atoms with van der Waals surface area (Å²) in [6.07, 6.45) is 0.890. The molecule has 0 heterocycles. The van der Waals surface area contributed by atoms with E-state index in [4.69, 9.17) is 0 Å². The molecular weight excluding hydrogens is 206 g/mol. The lowest BCUT2D eigenvalue weighted by molar-refractivity contribution is 1.27. The number of hydrogen-bond donors (Lipinski definition) is 0. The molecule has 0 spiro atoms. The van der Waals surface area contributed by atoms with E-state index in [1.165, 1.54) is 16.7 Å². The molecule has 0 aliphatic carbocycles. The predicted molar refractivity (Wildman–Crippen MR) is 73.8 cm³/mol. The van der Waals surface area contributed by atoms with Crippen LogP contribution in [0.4, 0.5) is 0 Å². The fourth-order valence-corrected chi connectivity index (χ4v) is 1.92. The average molecular weight is 223 g/mol. The van der Waals surface area contributed by atoms with E-state index in [-0.39, 0.29) is 0 Å². The highest BCUT2D eigenvalue weighted by molar-refractivity contribution is 6.01. The zero-order valence-corrected chi connectivity index (χ0v) is 10.4. The molecule has 0 aliphatic heterocycles. The van der Waals surface area contributed by atoms with Crippen LogP contribution in [0.25, 0.3) is 0 Å². The van der Waals surface area contributed by atoms with Gasteiger partial charge in [0, 0.05) is 19.2 Å². The van der Waals surface area contributed by atoms with Crippen LogP contribution in [0.2, 0.25) is 0 Å². The molecule has 0 radical (unpaired) electrons. The minimum atomic E-state index is 0.890. The van der Waals surface area contributed by atoms with Crippen molar-refractivity contribution in [2.24, 2.45) is 4.99 Å². The van der Waals surface area contributed by atoms with Crippen LogP contribution in [0.3, 0.4) is 0 Å². The molecule has 86 valence electrons. The normalized spacial score (nSPS) is 11.5. The van der Waals surface area contributed by atoms with Crippen molar-refractivity contribution < 1.29 is 0 Å². The molecule has 0 atom stereocenters. The van der Waals surface area contributed by atoms with Gasteiger partial charge in [0.05, 0.1) is 0 Å². The van der Waals surface area contributed by atoms with Crippen molar-refractivity contribution in [2.75, 3.05) is 7.05 Å². The van der Waals surface area contributed by atoms with E-state index < -0.39 is 0 Å². The van der Waals surface area contributed by atoms with Crippen LogP contribution in [0.15, 0.2) is 59.6 Å². The molecule has 0 amide bonds. The Balaban J connectivity index is 2.24. The van der Waals surface area contributed by atoms with Crippen LogP contribution in [0.5, 0.6) is 0 Å². The SMILES string of the molecule is CN=C(Cc1ccccc1)c1cccc(C)c1. The van der Waals surface area contributed by atoms with Crippen LogP contribution >= 0.6 is 0 Å². The molecule has 0 saturated carbocycles. The third-order valence-corrected chi connectivity index (χ3v) is 2.84. The molecule has 17 heavy (non-hydrogen) atoms. The Morgan fingerprint density at radius 2 is 1.76 bits per heavy atom. The summed E-state index contributed by atoms with van der Waals surface area (Å²) in [7, 11) is 1.86. The third-order valence-electron chi connectivity index (χ3n) is 2.84. The summed E-state index contributed by atoms with van der Waals surface area (Å²) < 4.78 is 0. The zero-order valence-electron chi connectivity index (χ0n) is 10.4. The lowest BCUT2D eigenvalue weighted by Gasteiger charge is -2.07. The van der Waals surface area contributed by atoms with E-state index in [0.29, 0.717) is 0 Å². The summed E-state index contributed by atoms with van der Waals surface area (Å²) in [6, 6.07) is 19.0. The highest BCUT2D eigenvalue weighted by Crippen LogP contribution is 2.10. The minimum Gasteiger partial charge on any atom is -0.292 e. The molecule has 0 saturated heterocycles. The molecular formula is C16H17N. The summed E-state index contributed by atoms with van der Waals surface area (Å²) in [5.41, 5.74) is 4.93. The van der Waals surface area contributed by atoms with Crippen molar-refractivity contribution in [2.45, 2.75) is 13.3 Å². The summed E-state index contributed by atoms with van der Waals surface area (Å²) in [6.45, 7) is 2.11. The molecule has 2 aromatic carbocycles. The Labute approximate surface area is 103 Å². The largest absolute Gasteiger partial charge is 0.292 e. The molecule has 2 rings (SSSR count). The van der Waals surface area contributed by atoms with Crippen molar-refractivity contribution in [3.8, 4) is 0 Å². The highest BCUT2D eigenvalue weighted by Gasteiger charge is 2.03. The lowest BCUT2D eigenvalue weighted by Crippen LogP contribution is -2.05. The first kappa shape index (κ1) is 11.6. The van der Waals surface area contributed by atoms with Crippen molar-refractivity contribution in [3.63, 3.8) is 0 Å². The van der Waals surface area contributed by atoms with Gasteiger partial charge in [-0.05, 0) is 18.1 Å². The number of aliphatic imine (C=N–C) groups is 1. The first-order valence-electron chi connectivity index (χ1n) is 5.86. The van der Waals surface area contributed by atoms with E-state index >= 15 is 0 Å². The molecule has 0 fully saturated rings. The number of hydrogen-bond acceptors (Lipinski definition) is 1. The Bertz CT molecular complexity index is 512. The van der Waals surface area contributed by atoms with Crippen LogP contribution in [-0.2, 0) is 6.42 Å². The third kappa shape index (κ3) is 3.04.